The van der Waals surface area contributed by atoms with Crippen LogP contribution < -0.4 is 16.5 Å². The van der Waals surface area contributed by atoms with Gasteiger partial charge in [0.15, 0.2) is 0 Å². The fourth-order valence-electron chi connectivity index (χ4n) is 0.300. The number of hydrogen-bond donors (Lipinski definition) is 4. The van der Waals surface area contributed by atoms with Crippen LogP contribution in [0.15, 0.2) is 0 Å². The highest BCUT2D eigenvalue weighted by molar-refractivity contribution is 7.56. The topological polar surface area (TPSA) is 115 Å². The van der Waals surface area contributed by atoms with Gasteiger partial charge in [0, 0.05) is 0 Å². The Morgan fingerprint density at radius 1 is 1.25 bits per heavy atom. The van der Waals surface area contributed by atoms with Crippen molar-refractivity contribution in [2.45, 2.75) is 0 Å². The second kappa shape index (κ2) is 5.64. The van der Waals surface area contributed by atoms with E-state index < -0.39 is 7.59 Å². The lowest BCUT2D eigenvalue weighted by Crippen LogP contribution is -2.36. The van der Waals surface area contributed by atoms with E-state index in [4.69, 9.17) is 5.11 Å². The van der Waals surface area contributed by atoms with Gasteiger partial charge in [-0.3, -0.25) is 21.1 Å². The highest BCUT2D eigenvalue weighted by atomic mass is 31.2. The summed E-state index contributed by atoms with van der Waals surface area (Å²) in [6, 6.07) is 0. The first kappa shape index (κ1) is 14.5. The third kappa shape index (κ3) is 50.4. The molecule has 0 amide bonds. The molecule has 0 aromatic heterocycles. The van der Waals surface area contributed by atoms with Crippen molar-refractivity contribution in [3.8, 4) is 0 Å². The SMILES string of the molecule is C[N+](C)(C)CCO.NP(N)(N)=O. The maximum absolute atomic E-state index is 9.55. The molecule has 0 heterocycles. The lowest BCUT2D eigenvalue weighted by molar-refractivity contribution is -0.870. The van der Waals surface area contributed by atoms with Gasteiger partial charge < -0.3 is 9.59 Å². The molecule has 0 aliphatic rings. The number of aliphatic hydroxyl groups excluding tert-OH is 1. The molecule has 0 unspecified atom stereocenters. The Hall–Kier alpha value is 0.0300. The Morgan fingerprint density at radius 3 is 1.50 bits per heavy atom. The fourth-order valence-corrected chi connectivity index (χ4v) is 0.300. The normalized spacial score (nSPS) is 11.9. The van der Waals surface area contributed by atoms with E-state index in [0.717, 1.165) is 11.0 Å². The van der Waals surface area contributed by atoms with Gasteiger partial charge in [-0.15, -0.1) is 0 Å². The first-order valence-corrected chi connectivity index (χ1v) is 5.35. The van der Waals surface area contributed by atoms with Crippen molar-refractivity contribution in [2.24, 2.45) is 16.5 Å². The van der Waals surface area contributed by atoms with Gasteiger partial charge in [-0.1, -0.05) is 0 Å². The molecule has 0 atom stereocenters. The molecular formula is C5H20N4O2P+. The average Bonchev–Trinajstić information content (AvgIpc) is 1.54. The fraction of sp³-hybridized carbons (Fsp3) is 1.00. The summed E-state index contributed by atoms with van der Waals surface area (Å²) in [7, 11) is 3.02. The minimum absolute atomic E-state index is 0.281. The van der Waals surface area contributed by atoms with Gasteiger partial charge in [0.25, 0.3) is 7.59 Å². The van der Waals surface area contributed by atoms with Crippen LogP contribution in [0.1, 0.15) is 0 Å². The zero-order valence-corrected chi connectivity index (χ0v) is 8.79. The van der Waals surface area contributed by atoms with Gasteiger partial charge in [0.1, 0.15) is 6.54 Å². The van der Waals surface area contributed by atoms with Crippen LogP contribution in [-0.4, -0.2) is 43.9 Å². The maximum Gasteiger partial charge on any atom is 0.271 e. The van der Waals surface area contributed by atoms with E-state index in [9.17, 15) is 4.57 Å². The van der Waals surface area contributed by atoms with E-state index in [1.54, 1.807) is 0 Å². The molecule has 0 rings (SSSR count). The van der Waals surface area contributed by atoms with E-state index in [2.05, 4.69) is 37.7 Å². The molecule has 0 aliphatic heterocycles. The molecule has 7 heteroatoms. The van der Waals surface area contributed by atoms with E-state index in [1.165, 1.54) is 0 Å². The van der Waals surface area contributed by atoms with E-state index in [1.807, 2.05) is 0 Å². The first-order chi connectivity index (χ1) is 5.06. The number of likely N-dealkylation sites (N-methyl/N-ethyl adjacent to an activating group) is 1. The van der Waals surface area contributed by atoms with Gasteiger partial charge in [-0.05, 0) is 0 Å². The van der Waals surface area contributed by atoms with Gasteiger partial charge in [0.2, 0.25) is 0 Å². The molecule has 0 aromatic rings. The first-order valence-electron chi connectivity index (χ1n) is 3.43. The Morgan fingerprint density at radius 2 is 1.50 bits per heavy atom. The number of rotatable bonds is 2. The second-order valence-corrected chi connectivity index (χ2v) is 5.03. The summed E-state index contributed by atoms with van der Waals surface area (Å²) in [5.41, 5.74) is 13.4. The number of hydrogen-bond acceptors (Lipinski definition) is 2. The summed E-state index contributed by atoms with van der Waals surface area (Å²) in [5, 5.41) is 8.39. The highest BCUT2D eigenvalue weighted by Crippen LogP contribution is 2.06. The van der Waals surface area contributed by atoms with Crippen LogP contribution in [0.2, 0.25) is 0 Å². The molecule has 7 N–H and O–H groups in total. The Balaban J connectivity index is 0. The minimum atomic E-state index is -3.14. The maximum atomic E-state index is 9.55. The standard InChI is InChI=1S/C5H14NO.H6N3OP/c1-6(2,3)4-5-7;1-5(2,3)4/h7H,4-5H2,1-3H3;(H6,1,2,3,4)/q+1;. The van der Waals surface area contributed by atoms with E-state index in [0.29, 0.717) is 0 Å². The largest absolute Gasteiger partial charge is 0.391 e. The zero-order chi connectivity index (χ0) is 10.4. The predicted molar refractivity (Wildman–Crippen MR) is 50.2 cm³/mol. The number of nitrogens with two attached hydrogens (primary N) is 3. The van der Waals surface area contributed by atoms with Gasteiger partial charge in [-0.2, -0.15) is 0 Å². The van der Waals surface area contributed by atoms with Crippen LogP contribution >= 0.6 is 7.59 Å². The van der Waals surface area contributed by atoms with Crippen LogP contribution in [0.5, 0.6) is 0 Å². The zero-order valence-electron chi connectivity index (χ0n) is 7.90. The monoisotopic (exact) mass is 199 g/mol. The average molecular weight is 199 g/mol. The van der Waals surface area contributed by atoms with Gasteiger partial charge in [0.05, 0.1) is 27.7 Å². The molecule has 0 saturated carbocycles. The van der Waals surface area contributed by atoms with Crippen LogP contribution in [0.3, 0.4) is 0 Å². The smallest absolute Gasteiger partial charge is 0.271 e. The molecule has 12 heavy (non-hydrogen) atoms. The number of aliphatic hydroxyl groups is 1. The van der Waals surface area contributed by atoms with Crippen molar-refractivity contribution in [3.63, 3.8) is 0 Å². The van der Waals surface area contributed by atoms with Crippen LogP contribution in [0.25, 0.3) is 0 Å². The van der Waals surface area contributed by atoms with Crippen LogP contribution in [0.4, 0.5) is 0 Å². The molecule has 0 radical (unpaired) electrons. The van der Waals surface area contributed by atoms with Crippen molar-refractivity contribution in [1.82, 2.24) is 0 Å². The predicted octanol–water partition coefficient (Wildman–Crippen LogP) is -1.34. The lowest BCUT2D eigenvalue weighted by atomic mass is 10.5. The van der Waals surface area contributed by atoms with Crippen LogP contribution in [-0.2, 0) is 4.57 Å². The van der Waals surface area contributed by atoms with Crippen molar-refractivity contribution < 1.29 is 14.2 Å². The number of nitrogens with zero attached hydrogens (tertiary/aromatic N) is 1. The molecule has 0 spiro atoms. The summed E-state index contributed by atoms with van der Waals surface area (Å²) < 4.78 is 10.4. The molecule has 0 aromatic carbocycles. The van der Waals surface area contributed by atoms with Crippen molar-refractivity contribution in [2.75, 3.05) is 34.3 Å². The van der Waals surface area contributed by atoms with Crippen LogP contribution in [0, 0.1) is 0 Å². The van der Waals surface area contributed by atoms with E-state index in [-0.39, 0.29) is 6.61 Å². The second-order valence-electron chi connectivity index (χ2n) is 3.50. The van der Waals surface area contributed by atoms with Crippen molar-refractivity contribution in [3.05, 3.63) is 0 Å². The van der Waals surface area contributed by atoms with Gasteiger partial charge in [-0.25, -0.2) is 0 Å². The molecule has 0 saturated heterocycles. The Bertz CT molecular complexity index is 142. The summed E-state index contributed by atoms with van der Waals surface area (Å²) in [6.45, 7) is 1.11. The Labute approximate surface area is 73.4 Å². The number of quaternary nitrogens is 1. The van der Waals surface area contributed by atoms with E-state index >= 15 is 0 Å². The van der Waals surface area contributed by atoms with Gasteiger partial charge >= 0.3 is 0 Å². The third-order valence-electron chi connectivity index (χ3n) is 0.771. The van der Waals surface area contributed by atoms with Crippen molar-refractivity contribution >= 4 is 7.59 Å². The molecule has 0 bridgehead atoms. The summed E-state index contributed by atoms with van der Waals surface area (Å²) >= 11 is 0. The lowest BCUT2D eigenvalue weighted by Gasteiger charge is -2.21. The molecular weight excluding hydrogens is 179 g/mol. The minimum Gasteiger partial charge on any atom is -0.391 e. The summed E-state index contributed by atoms with van der Waals surface area (Å²) in [4.78, 5) is 0. The van der Waals surface area contributed by atoms with Crippen molar-refractivity contribution in [1.29, 1.82) is 0 Å². The Kier molecular flexibility index (Phi) is 6.83. The third-order valence-corrected chi connectivity index (χ3v) is 0.771. The summed E-state index contributed by atoms with van der Waals surface area (Å²) in [5.74, 6) is 0. The molecule has 6 nitrogen and oxygen atoms in total. The molecule has 0 fully saturated rings. The molecule has 0 aliphatic carbocycles. The molecule has 76 valence electrons. The quantitative estimate of drug-likeness (QED) is 0.324. The summed E-state index contributed by atoms with van der Waals surface area (Å²) in [6.07, 6.45) is 0. The highest BCUT2D eigenvalue weighted by Gasteiger charge is 2.02.